The number of hydrogen-bond donors (Lipinski definition) is 1. The maximum atomic E-state index is 11.7. The summed E-state index contributed by atoms with van der Waals surface area (Å²) < 4.78 is 43.8. The topological polar surface area (TPSA) is 64.6 Å². The summed E-state index contributed by atoms with van der Waals surface area (Å²) in [6.45, 7) is 0.350. The van der Waals surface area contributed by atoms with Gasteiger partial charge in [0.1, 0.15) is 6.10 Å². The van der Waals surface area contributed by atoms with Gasteiger partial charge in [-0.3, -0.25) is 0 Å². The molecule has 0 aromatic carbocycles. The fourth-order valence-electron chi connectivity index (χ4n) is 1.34. The minimum Gasteiger partial charge on any atom is -0.460 e. The van der Waals surface area contributed by atoms with E-state index in [1.807, 2.05) is 0 Å². The van der Waals surface area contributed by atoms with E-state index in [1.165, 1.54) is 0 Å². The van der Waals surface area contributed by atoms with Crippen molar-refractivity contribution in [2.75, 3.05) is 19.7 Å². The van der Waals surface area contributed by atoms with Gasteiger partial charge in [-0.25, -0.2) is 9.59 Å². The Morgan fingerprint density at radius 3 is 2.35 bits per heavy atom. The number of esters is 2. The zero-order valence-electron chi connectivity index (χ0n) is 8.88. The third-order valence-electron chi connectivity index (χ3n) is 2.14. The van der Waals surface area contributed by atoms with Crippen LogP contribution in [0.4, 0.5) is 13.2 Å². The number of rotatable bonds is 3. The zero-order valence-corrected chi connectivity index (χ0v) is 8.88. The van der Waals surface area contributed by atoms with Crippen LogP contribution in [-0.4, -0.2) is 43.9 Å². The van der Waals surface area contributed by atoms with E-state index in [1.54, 1.807) is 0 Å². The van der Waals surface area contributed by atoms with E-state index in [2.05, 4.69) is 10.1 Å². The molecular formula is C9H12F3NO4. The van der Waals surface area contributed by atoms with Crippen LogP contribution in [0.5, 0.6) is 0 Å². The van der Waals surface area contributed by atoms with Crippen LogP contribution in [-0.2, 0) is 19.1 Å². The van der Waals surface area contributed by atoms with Gasteiger partial charge in [-0.05, 0) is 25.9 Å². The molecular weight excluding hydrogens is 243 g/mol. The van der Waals surface area contributed by atoms with Crippen LogP contribution in [0.15, 0.2) is 0 Å². The van der Waals surface area contributed by atoms with Gasteiger partial charge in [0.15, 0.2) is 6.61 Å². The van der Waals surface area contributed by atoms with Gasteiger partial charge in [0.25, 0.3) is 0 Å². The molecule has 1 aliphatic heterocycles. The van der Waals surface area contributed by atoms with Gasteiger partial charge in [-0.2, -0.15) is 13.2 Å². The van der Waals surface area contributed by atoms with Crippen molar-refractivity contribution in [2.45, 2.75) is 25.1 Å². The van der Waals surface area contributed by atoms with Gasteiger partial charge in [0, 0.05) is 0 Å². The fourth-order valence-corrected chi connectivity index (χ4v) is 1.34. The van der Waals surface area contributed by atoms with E-state index in [0.717, 1.165) is 0 Å². The largest absolute Gasteiger partial charge is 0.490 e. The fraction of sp³-hybridized carbons (Fsp3) is 0.778. The number of carbonyl (C=O) groups is 2. The molecule has 1 heterocycles. The van der Waals surface area contributed by atoms with E-state index in [-0.39, 0.29) is 6.10 Å². The Labute approximate surface area is 95.2 Å². The summed E-state index contributed by atoms with van der Waals surface area (Å²) >= 11 is 0. The third-order valence-corrected chi connectivity index (χ3v) is 2.14. The van der Waals surface area contributed by atoms with Gasteiger partial charge < -0.3 is 14.8 Å². The van der Waals surface area contributed by atoms with Crippen molar-refractivity contribution in [2.24, 2.45) is 0 Å². The monoisotopic (exact) mass is 255 g/mol. The van der Waals surface area contributed by atoms with Crippen LogP contribution in [0.2, 0.25) is 0 Å². The van der Waals surface area contributed by atoms with E-state index >= 15 is 0 Å². The average Bonchev–Trinajstić information content (AvgIpc) is 2.26. The highest BCUT2D eigenvalue weighted by Gasteiger charge is 2.41. The van der Waals surface area contributed by atoms with Gasteiger partial charge in [-0.1, -0.05) is 0 Å². The highest BCUT2D eigenvalue weighted by atomic mass is 19.4. The van der Waals surface area contributed by atoms with Crippen LogP contribution in [0.3, 0.4) is 0 Å². The normalized spacial score (nSPS) is 17.6. The van der Waals surface area contributed by atoms with E-state index in [0.29, 0.717) is 25.9 Å². The van der Waals surface area contributed by atoms with Crippen molar-refractivity contribution in [3.05, 3.63) is 0 Å². The predicted molar refractivity (Wildman–Crippen MR) is 49.0 cm³/mol. The number of halogens is 3. The van der Waals surface area contributed by atoms with Gasteiger partial charge in [-0.15, -0.1) is 0 Å². The molecule has 0 amide bonds. The molecule has 5 nitrogen and oxygen atoms in total. The number of nitrogens with one attached hydrogen (secondary N) is 1. The summed E-state index contributed by atoms with van der Waals surface area (Å²) in [7, 11) is 0. The summed E-state index contributed by atoms with van der Waals surface area (Å²) in [5.74, 6) is -3.35. The first-order valence-corrected chi connectivity index (χ1v) is 5.03. The van der Waals surface area contributed by atoms with Gasteiger partial charge >= 0.3 is 18.1 Å². The number of ether oxygens (including phenoxy) is 2. The molecule has 17 heavy (non-hydrogen) atoms. The molecule has 1 N–H and O–H groups in total. The molecule has 0 atom stereocenters. The van der Waals surface area contributed by atoms with Crippen LogP contribution < -0.4 is 5.32 Å². The molecule has 0 spiro atoms. The summed E-state index contributed by atoms with van der Waals surface area (Å²) in [5.41, 5.74) is 0. The maximum Gasteiger partial charge on any atom is 0.490 e. The first-order chi connectivity index (χ1) is 7.89. The molecule has 0 unspecified atom stereocenters. The molecule has 0 aromatic rings. The quantitative estimate of drug-likeness (QED) is 0.739. The predicted octanol–water partition coefficient (Wildman–Crippen LogP) is 0.387. The molecule has 0 saturated carbocycles. The lowest BCUT2D eigenvalue weighted by Gasteiger charge is -2.22. The van der Waals surface area contributed by atoms with Crippen molar-refractivity contribution in [3.63, 3.8) is 0 Å². The molecule has 1 rings (SSSR count). The van der Waals surface area contributed by atoms with Crippen LogP contribution in [0, 0.1) is 0 Å². The van der Waals surface area contributed by atoms with Crippen LogP contribution >= 0.6 is 0 Å². The van der Waals surface area contributed by atoms with Crippen LogP contribution in [0.25, 0.3) is 0 Å². The Morgan fingerprint density at radius 1 is 1.24 bits per heavy atom. The second-order valence-corrected chi connectivity index (χ2v) is 3.51. The summed E-state index contributed by atoms with van der Waals surface area (Å²) in [4.78, 5) is 21.4. The second kappa shape index (κ2) is 5.85. The first-order valence-electron chi connectivity index (χ1n) is 5.03. The second-order valence-electron chi connectivity index (χ2n) is 3.51. The summed E-state index contributed by atoms with van der Waals surface area (Å²) in [6.07, 6.45) is -4.22. The van der Waals surface area contributed by atoms with E-state index in [4.69, 9.17) is 4.74 Å². The standard InChI is InChI=1S/C9H12F3NO4/c10-9(11,12)8(15)16-5-7(14)17-6-1-3-13-4-2-6/h6,13H,1-5H2. The Balaban J connectivity index is 2.23. The van der Waals surface area contributed by atoms with Crippen molar-refractivity contribution < 1.29 is 32.2 Å². The minimum atomic E-state index is -5.09. The Bertz CT molecular complexity index is 286. The highest BCUT2D eigenvalue weighted by Crippen LogP contribution is 2.16. The molecule has 0 bridgehead atoms. The Kier molecular flexibility index (Phi) is 4.73. The molecule has 8 heteroatoms. The third kappa shape index (κ3) is 5.03. The van der Waals surface area contributed by atoms with Crippen molar-refractivity contribution in [1.82, 2.24) is 5.32 Å². The Hall–Kier alpha value is -1.31. The van der Waals surface area contributed by atoms with Crippen molar-refractivity contribution >= 4 is 11.9 Å². The molecule has 0 radical (unpaired) electrons. The first kappa shape index (κ1) is 13.8. The van der Waals surface area contributed by atoms with E-state index < -0.39 is 24.7 Å². The van der Waals surface area contributed by atoms with Gasteiger partial charge in [0.2, 0.25) is 0 Å². The van der Waals surface area contributed by atoms with Gasteiger partial charge in [0.05, 0.1) is 0 Å². The zero-order chi connectivity index (χ0) is 12.9. The molecule has 0 aliphatic carbocycles. The maximum absolute atomic E-state index is 11.7. The molecule has 1 fully saturated rings. The lowest BCUT2D eigenvalue weighted by molar-refractivity contribution is -0.202. The molecule has 1 saturated heterocycles. The number of alkyl halides is 3. The molecule has 0 aromatic heterocycles. The highest BCUT2D eigenvalue weighted by molar-refractivity contribution is 5.79. The van der Waals surface area contributed by atoms with Crippen LogP contribution in [0.1, 0.15) is 12.8 Å². The molecule has 1 aliphatic rings. The van der Waals surface area contributed by atoms with Crippen molar-refractivity contribution in [1.29, 1.82) is 0 Å². The lowest BCUT2D eigenvalue weighted by Crippen LogP contribution is -2.35. The average molecular weight is 255 g/mol. The summed E-state index contributed by atoms with van der Waals surface area (Å²) in [5, 5.41) is 3.03. The molecule has 98 valence electrons. The summed E-state index contributed by atoms with van der Waals surface area (Å²) in [6, 6.07) is 0. The number of carbonyl (C=O) groups excluding carboxylic acids is 2. The SMILES string of the molecule is O=C(COC(=O)C(F)(F)F)OC1CCNCC1. The minimum absolute atomic E-state index is 0.326. The number of hydrogen-bond acceptors (Lipinski definition) is 5. The lowest BCUT2D eigenvalue weighted by atomic mass is 10.1. The number of piperidine rings is 1. The van der Waals surface area contributed by atoms with Crippen molar-refractivity contribution in [3.8, 4) is 0 Å². The smallest absolute Gasteiger partial charge is 0.460 e. The van der Waals surface area contributed by atoms with E-state index in [9.17, 15) is 22.8 Å². The Morgan fingerprint density at radius 2 is 1.82 bits per heavy atom.